The minimum atomic E-state index is -0.468. The number of hydrogen-bond acceptors (Lipinski definition) is 1. The minimum absolute atomic E-state index is 0.0904. The van der Waals surface area contributed by atoms with Crippen molar-refractivity contribution in [2.75, 3.05) is 0 Å². The molecule has 1 fully saturated rings. The number of halogens is 2. The highest BCUT2D eigenvalue weighted by molar-refractivity contribution is 6.30. The monoisotopic (exact) mass is 302 g/mol. The third kappa shape index (κ3) is 2.60. The fraction of sp³-hybridized carbons (Fsp3) is 0.278. The second-order valence-electron chi connectivity index (χ2n) is 5.65. The Balaban J connectivity index is 1.85. The van der Waals surface area contributed by atoms with Gasteiger partial charge in [-0.25, -0.2) is 4.39 Å². The summed E-state index contributed by atoms with van der Waals surface area (Å²) in [5.74, 6) is -0.300. The van der Waals surface area contributed by atoms with Gasteiger partial charge in [0.2, 0.25) is 0 Å². The predicted molar refractivity (Wildman–Crippen MR) is 82.1 cm³/mol. The molecule has 0 amide bonds. The van der Waals surface area contributed by atoms with Crippen LogP contribution in [0.15, 0.2) is 48.5 Å². The van der Waals surface area contributed by atoms with E-state index in [1.165, 1.54) is 12.1 Å². The zero-order chi connectivity index (χ0) is 14.9. The molecule has 0 heterocycles. The van der Waals surface area contributed by atoms with Crippen LogP contribution in [0.4, 0.5) is 4.39 Å². The Morgan fingerprint density at radius 2 is 1.86 bits per heavy atom. The van der Waals surface area contributed by atoms with Gasteiger partial charge in [-0.3, -0.25) is 4.79 Å². The topological polar surface area (TPSA) is 17.1 Å². The Kier molecular flexibility index (Phi) is 3.81. The summed E-state index contributed by atoms with van der Waals surface area (Å²) in [6, 6.07) is 14.5. The normalized spacial score (nSPS) is 16.3. The molecule has 0 bridgehead atoms. The highest BCUT2D eigenvalue weighted by Crippen LogP contribution is 2.45. The summed E-state index contributed by atoms with van der Waals surface area (Å²) >= 11 is 5.68. The van der Waals surface area contributed by atoms with Gasteiger partial charge in [0, 0.05) is 6.42 Å². The van der Waals surface area contributed by atoms with Gasteiger partial charge in [0.15, 0.2) is 0 Å². The van der Waals surface area contributed by atoms with Crippen LogP contribution in [0.5, 0.6) is 0 Å². The first-order valence-corrected chi connectivity index (χ1v) is 7.52. The van der Waals surface area contributed by atoms with E-state index in [0.29, 0.717) is 5.56 Å². The summed E-state index contributed by atoms with van der Waals surface area (Å²) in [5, 5.41) is 0.0904. The van der Waals surface area contributed by atoms with Crippen molar-refractivity contribution in [1.29, 1.82) is 0 Å². The van der Waals surface area contributed by atoms with E-state index in [9.17, 15) is 9.18 Å². The van der Waals surface area contributed by atoms with E-state index in [0.717, 1.165) is 24.8 Å². The Morgan fingerprint density at radius 3 is 2.43 bits per heavy atom. The van der Waals surface area contributed by atoms with Gasteiger partial charge in [0.1, 0.15) is 11.6 Å². The number of rotatable bonds is 4. The Labute approximate surface area is 128 Å². The maximum atomic E-state index is 13.5. The van der Waals surface area contributed by atoms with Gasteiger partial charge in [0.25, 0.3) is 0 Å². The molecular weight excluding hydrogens is 287 g/mol. The number of carbonyl (C=O) groups is 1. The molecule has 1 aliphatic carbocycles. The molecular formula is C18H16ClFO. The second-order valence-corrected chi connectivity index (χ2v) is 6.06. The van der Waals surface area contributed by atoms with Crippen molar-refractivity contribution >= 4 is 17.4 Å². The average molecular weight is 303 g/mol. The molecule has 1 aliphatic rings. The van der Waals surface area contributed by atoms with Crippen molar-refractivity contribution in [2.45, 2.75) is 31.1 Å². The zero-order valence-corrected chi connectivity index (χ0v) is 12.4. The largest absolute Gasteiger partial charge is 0.298 e. The number of benzene rings is 2. The molecule has 3 rings (SSSR count). The van der Waals surface area contributed by atoms with E-state index in [1.807, 2.05) is 30.3 Å². The summed E-state index contributed by atoms with van der Waals surface area (Å²) in [6.45, 7) is 0. The lowest BCUT2D eigenvalue weighted by Gasteiger charge is -2.41. The summed E-state index contributed by atoms with van der Waals surface area (Å²) in [4.78, 5) is 12.8. The summed E-state index contributed by atoms with van der Waals surface area (Å²) in [7, 11) is 0. The molecule has 0 unspecified atom stereocenters. The van der Waals surface area contributed by atoms with Gasteiger partial charge >= 0.3 is 0 Å². The molecule has 0 spiro atoms. The van der Waals surface area contributed by atoms with Crippen molar-refractivity contribution < 1.29 is 9.18 Å². The molecule has 2 aromatic rings. The van der Waals surface area contributed by atoms with Crippen LogP contribution in [0.3, 0.4) is 0 Å². The number of Topliss-reactive ketones (excluding diaryl/α,β-unsaturated/α-hetero) is 1. The fourth-order valence-corrected chi connectivity index (χ4v) is 3.14. The maximum absolute atomic E-state index is 13.5. The van der Waals surface area contributed by atoms with Crippen LogP contribution in [-0.2, 0) is 16.6 Å². The van der Waals surface area contributed by atoms with Gasteiger partial charge in [-0.05, 0) is 36.1 Å². The van der Waals surface area contributed by atoms with Crippen molar-refractivity contribution in [3.63, 3.8) is 0 Å². The molecule has 0 atom stereocenters. The summed E-state index contributed by atoms with van der Waals surface area (Å²) in [6.07, 6.45) is 3.08. The molecule has 0 N–H and O–H groups in total. The Morgan fingerprint density at radius 1 is 1.14 bits per heavy atom. The molecule has 1 nitrogen and oxygen atoms in total. The highest BCUT2D eigenvalue weighted by atomic mass is 35.5. The predicted octanol–water partition coefficient (Wildman–Crippen LogP) is 4.71. The van der Waals surface area contributed by atoms with Crippen molar-refractivity contribution in [3.05, 3.63) is 70.5 Å². The SMILES string of the molecule is O=C(Cc1ccc(Cl)c(F)c1)C1(c2ccccc2)CCC1. The quantitative estimate of drug-likeness (QED) is 0.799. The summed E-state index contributed by atoms with van der Waals surface area (Å²) < 4.78 is 13.5. The van der Waals surface area contributed by atoms with Crippen LogP contribution >= 0.6 is 11.6 Å². The maximum Gasteiger partial charge on any atom is 0.147 e. The number of ketones is 1. The van der Waals surface area contributed by atoms with Crippen molar-refractivity contribution in [3.8, 4) is 0 Å². The molecule has 21 heavy (non-hydrogen) atoms. The Hall–Kier alpha value is -1.67. The molecule has 0 aromatic heterocycles. The van der Waals surface area contributed by atoms with Gasteiger partial charge in [-0.2, -0.15) is 0 Å². The molecule has 0 aliphatic heterocycles. The second kappa shape index (κ2) is 5.61. The van der Waals surface area contributed by atoms with E-state index in [-0.39, 0.29) is 22.6 Å². The van der Waals surface area contributed by atoms with Gasteiger partial charge in [0.05, 0.1) is 10.4 Å². The highest BCUT2D eigenvalue weighted by Gasteiger charge is 2.44. The third-order valence-corrected chi connectivity index (χ3v) is 4.72. The van der Waals surface area contributed by atoms with Crippen LogP contribution in [0.1, 0.15) is 30.4 Å². The smallest absolute Gasteiger partial charge is 0.147 e. The minimum Gasteiger partial charge on any atom is -0.298 e. The van der Waals surface area contributed by atoms with Gasteiger partial charge in [-0.15, -0.1) is 0 Å². The first-order valence-electron chi connectivity index (χ1n) is 7.15. The lowest BCUT2D eigenvalue weighted by atomic mass is 9.61. The van der Waals surface area contributed by atoms with Crippen LogP contribution in [0.2, 0.25) is 5.02 Å². The van der Waals surface area contributed by atoms with Crippen molar-refractivity contribution in [1.82, 2.24) is 0 Å². The van der Waals surface area contributed by atoms with Crippen LogP contribution in [0.25, 0.3) is 0 Å². The zero-order valence-electron chi connectivity index (χ0n) is 11.6. The number of hydrogen-bond donors (Lipinski definition) is 0. The summed E-state index contributed by atoms with van der Waals surface area (Å²) in [5.41, 5.74) is 1.39. The van der Waals surface area contributed by atoms with Crippen molar-refractivity contribution in [2.24, 2.45) is 0 Å². The molecule has 1 saturated carbocycles. The fourth-order valence-electron chi connectivity index (χ4n) is 3.02. The first kappa shape index (κ1) is 14.3. The molecule has 2 aromatic carbocycles. The first-order chi connectivity index (χ1) is 10.1. The van der Waals surface area contributed by atoms with Crippen LogP contribution in [-0.4, -0.2) is 5.78 Å². The standard InChI is InChI=1S/C18H16ClFO/c19-15-8-7-13(11-16(15)20)12-17(21)18(9-4-10-18)14-5-2-1-3-6-14/h1-3,5-8,11H,4,9-10,12H2. The third-order valence-electron chi connectivity index (χ3n) is 4.42. The molecule has 3 heteroatoms. The van der Waals surface area contributed by atoms with E-state index in [1.54, 1.807) is 6.07 Å². The lowest BCUT2D eigenvalue weighted by Crippen LogP contribution is -2.43. The Bertz CT molecular complexity index is 662. The molecule has 0 radical (unpaired) electrons. The van der Waals surface area contributed by atoms with E-state index in [4.69, 9.17) is 11.6 Å². The van der Waals surface area contributed by atoms with E-state index < -0.39 is 5.82 Å². The molecule has 0 saturated heterocycles. The number of carbonyl (C=O) groups excluding carboxylic acids is 1. The van der Waals surface area contributed by atoms with E-state index in [2.05, 4.69) is 0 Å². The van der Waals surface area contributed by atoms with Gasteiger partial charge < -0.3 is 0 Å². The van der Waals surface area contributed by atoms with Gasteiger partial charge in [-0.1, -0.05) is 54.4 Å². The average Bonchev–Trinajstić information content (AvgIpc) is 2.43. The molecule has 108 valence electrons. The van der Waals surface area contributed by atoms with Crippen LogP contribution in [0, 0.1) is 5.82 Å². The lowest BCUT2D eigenvalue weighted by molar-refractivity contribution is -0.127. The van der Waals surface area contributed by atoms with Crippen LogP contribution < -0.4 is 0 Å². The van der Waals surface area contributed by atoms with E-state index >= 15 is 0 Å².